The molecule has 0 amide bonds. The van der Waals surface area contributed by atoms with Crippen molar-refractivity contribution in [2.75, 3.05) is 5.75 Å². The predicted molar refractivity (Wildman–Crippen MR) is 98.3 cm³/mol. The molecule has 0 N–H and O–H groups in total. The van der Waals surface area contributed by atoms with Crippen LogP contribution in [0.1, 0.15) is 36.3 Å². The molecular weight excluding hydrogens is 316 g/mol. The van der Waals surface area contributed by atoms with Crippen molar-refractivity contribution in [2.24, 2.45) is 0 Å². The first-order valence-corrected chi connectivity index (χ1v) is 9.34. The van der Waals surface area contributed by atoms with Gasteiger partial charge in [0.1, 0.15) is 0 Å². The first-order chi connectivity index (χ1) is 11.8. The lowest BCUT2D eigenvalue weighted by Gasteiger charge is -2.08. The van der Waals surface area contributed by atoms with Gasteiger partial charge in [-0.15, -0.1) is 10.2 Å². The van der Waals surface area contributed by atoms with Gasteiger partial charge in [0.05, 0.1) is 0 Å². The topological polar surface area (TPSA) is 38.9 Å². The minimum absolute atomic E-state index is 0.377. The van der Waals surface area contributed by atoms with Crippen LogP contribution in [0.3, 0.4) is 0 Å². The van der Waals surface area contributed by atoms with Crippen LogP contribution in [0, 0.1) is 0 Å². The number of hydrogen-bond donors (Lipinski definition) is 0. The molecule has 24 heavy (non-hydrogen) atoms. The highest BCUT2D eigenvalue weighted by Gasteiger charge is 2.12. The number of nitrogens with zero attached hydrogens (tertiary/aromatic N) is 2. The fourth-order valence-electron chi connectivity index (χ4n) is 2.62. The summed E-state index contributed by atoms with van der Waals surface area (Å²) in [4.78, 5) is 0. The molecule has 3 rings (SSSR count). The second-order valence-corrected chi connectivity index (χ2v) is 6.96. The third kappa shape index (κ3) is 4.96. The highest BCUT2D eigenvalue weighted by molar-refractivity contribution is 7.99. The maximum Gasteiger partial charge on any atom is 0.276 e. The summed E-state index contributed by atoms with van der Waals surface area (Å²) in [5.74, 6) is 2.09. The summed E-state index contributed by atoms with van der Waals surface area (Å²) in [6.07, 6.45) is 2.97. The highest BCUT2D eigenvalue weighted by atomic mass is 32.2. The molecule has 0 aliphatic rings. The molecule has 3 nitrogen and oxygen atoms in total. The Morgan fingerprint density at radius 2 is 1.67 bits per heavy atom. The fraction of sp³-hybridized carbons (Fsp3) is 0.300. The van der Waals surface area contributed by atoms with Gasteiger partial charge in [-0.1, -0.05) is 79.3 Å². The molecule has 0 spiro atoms. The van der Waals surface area contributed by atoms with Gasteiger partial charge < -0.3 is 4.42 Å². The van der Waals surface area contributed by atoms with E-state index in [2.05, 4.69) is 71.7 Å². The molecule has 0 saturated heterocycles. The quantitative estimate of drug-likeness (QED) is 0.421. The van der Waals surface area contributed by atoms with Crippen molar-refractivity contribution in [3.8, 4) is 0 Å². The predicted octanol–water partition coefficient (Wildman–Crippen LogP) is 5.14. The van der Waals surface area contributed by atoms with Crippen LogP contribution in [0.5, 0.6) is 0 Å². The minimum atomic E-state index is 0.377. The summed E-state index contributed by atoms with van der Waals surface area (Å²) in [6, 6.07) is 21.0. The lowest BCUT2D eigenvalue weighted by atomic mass is 9.98. The van der Waals surface area contributed by atoms with Crippen LogP contribution in [-0.4, -0.2) is 16.0 Å². The molecule has 3 aromatic rings. The summed E-state index contributed by atoms with van der Waals surface area (Å²) in [7, 11) is 0. The van der Waals surface area contributed by atoms with Crippen LogP contribution in [0.25, 0.3) is 0 Å². The summed E-state index contributed by atoms with van der Waals surface area (Å²) in [5.41, 5.74) is 2.67. The highest BCUT2D eigenvalue weighted by Crippen LogP contribution is 2.23. The molecule has 1 aromatic heterocycles. The van der Waals surface area contributed by atoms with E-state index < -0.39 is 0 Å². The maximum atomic E-state index is 5.77. The molecule has 0 aliphatic carbocycles. The normalized spacial score (nSPS) is 12.2. The maximum absolute atomic E-state index is 5.77. The monoisotopic (exact) mass is 338 g/mol. The number of hydrogen-bond acceptors (Lipinski definition) is 4. The zero-order chi connectivity index (χ0) is 16.6. The van der Waals surface area contributed by atoms with E-state index in [0.29, 0.717) is 11.1 Å². The van der Waals surface area contributed by atoms with E-state index in [1.165, 1.54) is 11.1 Å². The lowest BCUT2D eigenvalue weighted by Crippen LogP contribution is -1.98. The summed E-state index contributed by atoms with van der Waals surface area (Å²) in [5, 5.41) is 9.01. The number of thioether (sulfide) groups is 1. The van der Waals surface area contributed by atoms with Crippen LogP contribution >= 0.6 is 11.8 Å². The number of aryl methyl sites for hydroxylation is 1. The smallest absolute Gasteiger partial charge is 0.276 e. The summed E-state index contributed by atoms with van der Waals surface area (Å²) in [6.45, 7) is 2.19. The number of aromatic nitrogens is 2. The van der Waals surface area contributed by atoms with Crippen molar-refractivity contribution < 1.29 is 4.42 Å². The van der Waals surface area contributed by atoms with E-state index in [1.54, 1.807) is 11.8 Å². The zero-order valence-electron chi connectivity index (χ0n) is 13.9. The largest absolute Gasteiger partial charge is 0.416 e. The average Bonchev–Trinajstić information content (AvgIpc) is 3.08. The summed E-state index contributed by atoms with van der Waals surface area (Å²) >= 11 is 1.64. The van der Waals surface area contributed by atoms with Gasteiger partial charge in [-0.2, -0.15) is 0 Å². The number of rotatable bonds is 8. The van der Waals surface area contributed by atoms with E-state index in [9.17, 15) is 0 Å². The molecule has 0 saturated carbocycles. The second kappa shape index (κ2) is 8.69. The third-order valence-corrected chi connectivity index (χ3v) is 4.88. The second-order valence-electron chi connectivity index (χ2n) is 5.92. The first-order valence-electron chi connectivity index (χ1n) is 8.35. The Bertz CT molecular complexity index is 728. The molecule has 124 valence electrons. The van der Waals surface area contributed by atoms with E-state index >= 15 is 0 Å². The molecule has 0 aliphatic heterocycles. The SMILES string of the molecule is CC(Cc1nnc(SCCCc2ccccc2)o1)c1ccccc1. The molecule has 1 heterocycles. The molecule has 1 unspecified atom stereocenters. The van der Waals surface area contributed by atoms with Gasteiger partial charge in [0.15, 0.2) is 0 Å². The van der Waals surface area contributed by atoms with Crippen molar-refractivity contribution in [1.82, 2.24) is 10.2 Å². The molecule has 2 aromatic carbocycles. The molecule has 0 fully saturated rings. The van der Waals surface area contributed by atoms with Crippen LogP contribution in [0.2, 0.25) is 0 Å². The third-order valence-electron chi connectivity index (χ3n) is 3.98. The van der Waals surface area contributed by atoms with Crippen molar-refractivity contribution >= 4 is 11.8 Å². The van der Waals surface area contributed by atoms with E-state index in [0.717, 1.165) is 30.9 Å². The zero-order valence-corrected chi connectivity index (χ0v) is 14.7. The average molecular weight is 338 g/mol. The van der Waals surface area contributed by atoms with Crippen LogP contribution in [0.4, 0.5) is 0 Å². The van der Waals surface area contributed by atoms with Crippen LogP contribution in [-0.2, 0) is 12.8 Å². The molecule has 0 bridgehead atoms. The Kier molecular flexibility index (Phi) is 6.07. The van der Waals surface area contributed by atoms with Gasteiger partial charge in [-0.05, 0) is 29.9 Å². The van der Waals surface area contributed by atoms with Gasteiger partial charge >= 0.3 is 0 Å². The standard InChI is InChI=1S/C20H22N2OS/c1-16(18-12-6-3-7-13-18)15-19-21-22-20(23-19)24-14-8-11-17-9-4-2-5-10-17/h2-7,9-10,12-13,16H,8,11,14-15H2,1H3. The summed E-state index contributed by atoms with van der Waals surface area (Å²) < 4.78 is 5.77. The molecule has 4 heteroatoms. The van der Waals surface area contributed by atoms with Gasteiger partial charge in [-0.25, -0.2) is 0 Å². The molecule has 1 atom stereocenters. The van der Waals surface area contributed by atoms with E-state index in [1.807, 2.05) is 6.07 Å². The van der Waals surface area contributed by atoms with Gasteiger partial charge in [-0.3, -0.25) is 0 Å². The first kappa shape index (κ1) is 16.8. The fourth-order valence-corrected chi connectivity index (χ4v) is 3.34. The Morgan fingerprint density at radius 1 is 0.958 bits per heavy atom. The van der Waals surface area contributed by atoms with E-state index in [-0.39, 0.29) is 0 Å². The van der Waals surface area contributed by atoms with Gasteiger partial charge in [0, 0.05) is 12.2 Å². The van der Waals surface area contributed by atoms with Gasteiger partial charge in [0.2, 0.25) is 5.89 Å². The molecular formula is C20H22N2OS. The van der Waals surface area contributed by atoms with Crippen molar-refractivity contribution in [3.05, 3.63) is 77.7 Å². The Balaban J connectivity index is 1.44. The molecule has 0 radical (unpaired) electrons. The Morgan fingerprint density at radius 3 is 2.42 bits per heavy atom. The van der Waals surface area contributed by atoms with Crippen LogP contribution < -0.4 is 0 Å². The van der Waals surface area contributed by atoms with Crippen molar-refractivity contribution in [3.63, 3.8) is 0 Å². The Labute approximate surface area is 147 Å². The van der Waals surface area contributed by atoms with E-state index in [4.69, 9.17) is 4.42 Å². The van der Waals surface area contributed by atoms with Crippen molar-refractivity contribution in [2.45, 2.75) is 37.3 Å². The Hall–Kier alpha value is -2.07. The van der Waals surface area contributed by atoms with Crippen molar-refractivity contribution in [1.29, 1.82) is 0 Å². The lowest BCUT2D eigenvalue weighted by molar-refractivity contribution is 0.404. The minimum Gasteiger partial charge on any atom is -0.416 e. The number of benzene rings is 2. The van der Waals surface area contributed by atoms with Gasteiger partial charge in [0.25, 0.3) is 5.22 Å². The van der Waals surface area contributed by atoms with Crippen LogP contribution in [0.15, 0.2) is 70.3 Å².